The van der Waals surface area contributed by atoms with Gasteiger partial charge in [0.25, 0.3) is 0 Å². The van der Waals surface area contributed by atoms with Crippen LogP contribution in [0.3, 0.4) is 0 Å². The summed E-state index contributed by atoms with van der Waals surface area (Å²) in [5, 5.41) is 3.09. The number of nitrogens with zero attached hydrogens (tertiary/aromatic N) is 1. The van der Waals surface area contributed by atoms with E-state index in [1.54, 1.807) is 24.3 Å². The van der Waals surface area contributed by atoms with Crippen LogP contribution in [0.2, 0.25) is 5.02 Å². The summed E-state index contributed by atoms with van der Waals surface area (Å²) in [4.78, 5) is 13.6. The molecule has 5 nitrogen and oxygen atoms in total. The van der Waals surface area contributed by atoms with Gasteiger partial charge in [-0.3, -0.25) is 4.79 Å². The Balaban J connectivity index is 1.88. The monoisotopic (exact) mass is 478 g/mol. The van der Waals surface area contributed by atoms with E-state index in [0.717, 1.165) is 9.20 Å². The molecule has 31 heavy (non-hydrogen) atoms. The van der Waals surface area contributed by atoms with E-state index < -0.39 is 28.3 Å². The van der Waals surface area contributed by atoms with Crippen LogP contribution in [0.15, 0.2) is 82.6 Å². The Hall–Kier alpha value is -2.39. The Morgan fingerprint density at radius 3 is 2.45 bits per heavy atom. The lowest BCUT2D eigenvalue weighted by Crippen LogP contribution is -2.37. The smallest absolute Gasteiger partial charge is 0.243 e. The summed E-state index contributed by atoms with van der Waals surface area (Å²) < 4.78 is 41.6. The van der Waals surface area contributed by atoms with Gasteiger partial charge in [-0.1, -0.05) is 35.9 Å². The Bertz CT molecular complexity index is 1170. The molecule has 0 aliphatic heterocycles. The molecule has 3 aromatic rings. The van der Waals surface area contributed by atoms with E-state index in [0.29, 0.717) is 10.7 Å². The predicted octanol–water partition coefficient (Wildman–Crippen LogP) is 5.03. The van der Waals surface area contributed by atoms with Crippen molar-refractivity contribution in [3.8, 4) is 0 Å². The molecule has 3 rings (SSSR count). The minimum Gasteiger partial charge on any atom is -0.325 e. The van der Waals surface area contributed by atoms with Gasteiger partial charge in [-0.25, -0.2) is 12.8 Å². The fraction of sp³-hybridized carbons (Fsp3) is 0.136. The van der Waals surface area contributed by atoms with Gasteiger partial charge in [0, 0.05) is 27.7 Å². The maximum Gasteiger partial charge on any atom is 0.243 e. The number of anilines is 1. The molecule has 0 heterocycles. The first-order valence-corrected chi connectivity index (χ1v) is 12.3. The summed E-state index contributed by atoms with van der Waals surface area (Å²) in [6.07, 6.45) is 1.91. The molecule has 0 unspecified atom stereocenters. The molecule has 0 spiro atoms. The number of halogens is 2. The minimum absolute atomic E-state index is 0.0366. The molecule has 0 saturated carbocycles. The number of rotatable bonds is 8. The summed E-state index contributed by atoms with van der Waals surface area (Å²) in [6.45, 7) is -0.779. The van der Waals surface area contributed by atoms with Crippen LogP contribution < -0.4 is 5.32 Å². The third-order valence-electron chi connectivity index (χ3n) is 4.43. The van der Waals surface area contributed by atoms with E-state index in [-0.39, 0.29) is 17.0 Å². The Kier molecular flexibility index (Phi) is 7.72. The average Bonchev–Trinajstić information content (AvgIpc) is 2.75. The number of carbonyl (C=O) groups is 1. The highest BCUT2D eigenvalue weighted by molar-refractivity contribution is 7.98. The van der Waals surface area contributed by atoms with Crippen molar-refractivity contribution in [3.63, 3.8) is 0 Å². The third-order valence-corrected chi connectivity index (χ3v) is 7.21. The van der Waals surface area contributed by atoms with Crippen molar-refractivity contribution in [1.29, 1.82) is 0 Å². The quantitative estimate of drug-likeness (QED) is 0.461. The van der Waals surface area contributed by atoms with E-state index in [2.05, 4.69) is 5.32 Å². The molecule has 3 aromatic carbocycles. The van der Waals surface area contributed by atoms with Crippen LogP contribution in [0.1, 0.15) is 5.56 Å². The molecule has 0 saturated heterocycles. The Morgan fingerprint density at radius 2 is 1.77 bits per heavy atom. The van der Waals surface area contributed by atoms with Gasteiger partial charge in [0.2, 0.25) is 15.9 Å². The first-order chi connectivity index (χ1) is 14.8. The molecule has 0 bridgehead atoms. The van der Waals surface area contributed by atoms with Crippen LogP contribution in [0, 0.1) is 5.82 Å². The van der Waals surface area contributed by atoms with Gasteiger partial charge in [-0.05, 0) is 54.8 Å². The van der Waals surface area contributed by atoms with Gasteiger partial charge >= 0.3 is 0 Å². The number of nitrogens with one attached hydrogen (secondary N) is 1. The van der Waals surface area contributed by atoms with E-state index in [1.807, 2.05) is 12.3 Å². The summed E-state index contributed by atoms with van der Waals surface area (Å²) in [5.74, 6) is -1.08. The van der Waals surface area contributed by atoms with Crippen molar-refractivity contribution in [1.82, 2.24) is 4.31 Å². The van der Waals surface area contributed by atoms with Crippen molar-refractivity contribution in [2.24, 2.45) is 0 Å². The van der Waals surface area contributed by atoms with E-state index in [4.69, 9.17) is 11.6 Å². The first-order valence-electron chi connectivity index (χ1n) is 9.22. The molecule has 0 aromatic heterocycles. The van der Waals surface area contributed by atoms with E-state index in [1.165, 1.54) is 54.2 Å². The minimum atomic E-state index is -4.09. The highest BCUT2D eigenvalue weighted by atomic mass is 35.5. The maximum atomic E-state index is 14.2. The summed E-state index contributed by atoms with van der Waals surface area (Å²) in [6, 6.07) is 18.7. The highest BCUT2D eigenvalue weighted by Crippen LogP contribution is 2.22. The number of sulfonamides is 1. The summed E-state index contributed by atoms with van der Waals surface area (Å²) in [7, 11) is -4.09. The molecule has 0 radical (unpaired) electrons. The number of thioether (sulfide) groups is 1. The van der Waals surface area contributed by atoms with Crippen LogP contribution in [-0.2, 0) is 21.4 Å². The second-order valence-electron chi connectivity index (χ2n) is 6.60. The van der Waals surface area contributed by atoms with Crippen molar-refractivity contribution in [2.75, 3.05) is 18.1 Å². The highest BCUT2D eigenvalue weighted by Gasteiger charge is 2.27. The summed E-state index contributed by atoms with van der Waals surface area (Å²) in [5.41, 5.74) is 0.712. The number of benzene rings is 3. The Labute approximate surface area is 190 Å². The number of hydrogen-bond donors (Lipinski definition) is 1. The first kappa shape index (κ1) is 23.3. The van der Waals surface area contributed by atoms with Gasteiger partial charge in [-0.2, -0.15) is 4.31 Å². The second-order valence-corrected chi connectivity index (χ2v) is 9.85. The van der Waals surface area contributed by atoms with Gasteiger partial charge < -0.3 is 5.32 Å². The van der Waals surface area contributed by atoms with Crippen molar-refractivity contribution >= 4 is 45.0 Å². The van der Waals surface area contributed by atoms with E-state index in [9.17, 15) is 17.6 Å². The predicted molar refractivity (Wildman–Crippen MR) is 122 cm³/mol. The van der Waals surface area contributed by atoms with Crippen molar-refractivity contribution < 1.29 is 17.6 Å². The molecule has 0 fully saturated rings. The second kappa shape index (κ2) is 10.3. The molecule has 9 heteroatoms. The maximum absolute atomic E-state index is 14.2. The molecule has 0 aliphatic carbocycles. The van der Waals surface area contributed by atoms with Crippen LogP contribution in [0.25, 0.3) is 0 Å². The van der Waals surface area contributed by atoms with Crippen LogP contribution in [0.5, 0.6) is 0 Å². The molecule has 1 N–H and O–H groups in total. The van der Waals surface area contributed by atoms with Gasteiger partial charge in [0.15, 0.2) is 0 Å². The normalized spacial score (nSPS) is 11.5. The number of hydrogen-bond acceptors (Lipinski definition) is 4. The molecular weight excluding hydrogens is 459 g/mol. The largest absolute Gasteiger partial charge is 0.325 e. The zero-order valence-corrected chi connectivity index (χ0v) is 19.0. The van der Waals surface area contributed by atoms with Crippen LogP contribution in [-0.4, -0.2) is 31.4 Å². The lowest BCUT2D eigenvalue weighted by molar-refractivity contribution is -0.116. The van der Waals surface area contributed by atoms with Gasteiger partial charge in [0.05, 0.1) is 11.4 Å². The molecule has 1 amide bonds. The summed E-state index contributed by atoms with van der Waals surface area (Å²) >= 11 is 7.39. The fourth-order valence-electron chi connectivity index (χ4n) is 2.86. The average molecular weight is 479 g/mol. The number of carbonyl (C=O) groups excluding carboxylic acids is 1. The molecule has 162 valence electrons. The zero-order valence-electron chi connectivity index (χ0n) is 16.6. The standard InChI is InChI=1S/C22H20ClFN2O3S2/c1-30-19-7-4-6-18(13-19)25-22(27)15-26(14-16-5-2-3-8-21(16)24)31(28,29)20-11-9-17(23)10-12-20/h2-13H,14-15H2,1H3,(H,25,27). The lowest BCUT2D eigenvalue weighted by atomic mass is 10.2. The molecule has 0 aliphatic rings. The number of amides is 1. The fourth-order valence-corrected chi connectivity index (χ4v) is 4.82. The SMILES string of the molecule is CSc1cccc(NC(=O)CN(Cc2ccccc2F)S(=O)(=O)c2ccc(Cl)cc2)c1. The lowest BCUT2D eigenvalue weighted by Gasteiger charge is -2.22. The van der Waals surface area contributed by atoms with Crippen LogP contribution >= 0.6 is 23.4 Å². The molecule has 0 atom stereocenters. The topological polar surface area (TPSA) is 66.5 Å². The van der Waals surface area contributed by atoms with E-state index >= 15 is 0 Å². The van der Waals surface area contributed by atoms with Gasteiger partial charge in [0.1, 0.15) is 5.82 Å². The van der Waals surface area contributed by atoms with Gasteiger partial charge in [-0.15, -0.1) is 11.8 Å². The Morgan fingerprint density at radius 1 is 1.06 bits per heavy atom. The van der Waals surface area contributed by atoms with Crippen molar-refractivity contribution in [2.45, 2.75) is 16.3 Å². The molecular formula is C22H20ClFN2O3S2. The zero-order chi connectivity index (χ0) is 22.4. The third kappa shape index (κ3) is 6.07. The van der Waals surface area contributed by atoms with Crippen molar-refractivity contribution in [3.05, 3.63) is 89.2 Å². The van der Waals surface area contributed by atoms with Crippen LogP contribution in [0.4, 0.5) is 10.1 Å².